The number of carbonyl (C=O) groups excluding carboxylic acids is 3. The molecule has 0 aliphatic carbocycles. The minimum Gasteiger partial charge on any atom is -0.347 e. The van der Waals surface area contributed by atoms with Gasteiger partial charge < -0.3 is 4.90 Å². The number of hydrogen-bond acceptors (Lipinski definition) is 6. The maximum Gasteiger partial charge on any atom is 0.335 e. The van der Waals surface area contributed by atoms with Crippen LogP contribution in [0.2, 0.25) is 5.02 Å². The highest BCUT2D eigenvalue weighted by Crippen LogP contribution is 2.28. The van der Waals surface area contributed by atoms with Crippen LogP contribution in [-0.4, -0.2) is 41.9 Å². The molecule has 1 fully saturated rings. The number of nitrogens with one attached hydrogen (secondary N) is 1. The van der Waals surface area contributed by atoms with Gasteiger partial charge in [-0.15, -0.1) is 0 Å². The molecule has 1 N–H and O–H groups in total. The van der Waals surface area contributed by atoms with Crippen LogP contribution in [0.15, 0.2) is 42.2 Å². The number of barbiturate groups is 1. The van der Waals surface area contributed by atoms with Crippen LogP contribution in [0.5, 0.6) is 0 Å². The van der Waals surface area contributed by atoms with E-state index in [9.17, 15) is 14.4 Å². The third kappa shape index (κ3) is 3.27. The third-order valence-electron chi connectivity index (χ3n) is 3.56. The van der Waals surface area contributed by atoms with Crippen molar-refractivity contribution in [2.24, 2.45) is 0 Å². The Balaban J connectivity index is 1.99. The van der Waals surface area contributed by atoms with Gasteiger partial charge in [0.05, 0.1) is 10.7 Å². The summed E-state index contributed by atoms with van der Waals surface area (Å²) in [5.41, 5.74) is 0.419. The molecule has 0 atom stereocenters. The van der Waals surface area contributed by atoms with Gasteiger partial charge in [-0.3, -0.25) is 14.9 Å². The minimum atomic E-state index is -0.857. The first-order valence-corrected chi connectivity index (χ1v) is 7.91. The third-order valence-corrected chi connectivity index (χ3v) is 3.88. The molecule has 1 aromatic carbocycles. The molecule has 26 heavy (non-hydrogen) atoms. The molecule has 0 unspecified atom stereocenters. The minimum absolute atomic E-state index is 0.189. The fourth-order valence-electron chi connectivity index (χ4n) is 2.31. The number of halogens is 1. The number of para-hydroxylation sites is 1. The molecule has 0 spiro atoms. The van der Waals surface area contributed by atoms with Crippen molar-refractivity contribution in [1.82, 2.24) is 15.3 Å². The van der Waals surface area contributed by atoms with Crippen molar-refractivity contribution in [1.29, 1.82) is 0 Å². The number of anilines is 2. The first kappa shape index (κ1) is 17.6. The summed E-state index contributed by atoms with van der Waals surface area (Å²) in [6.07, 6.45) is 4.28. The number of rotatable bonds is 3. The zero-order chi connectivity index (χ0) is 18.8. The summed E-state index contributed by atoms with van der Waals surface area (Å²) in [6.45, 7) is 0. The topological polar surface area (TPSA) is 95.5 Å². The van der Waals surface area contributed by atoms with E-state index in [0.29, 0.717) is 11.5 Å². The van der Waals surface area contributed by atoms with Crippen molar-refractivity contribution < 1.29 is 14.4 Å². The van der Waals surface area contributed by atoms with E-state index >= 15 is 0 Å². The molecule has 2 aromatic rings. The van der Waals surface area contributed by atoms with E-state index in [-0.39, 0.29) is 16.3 Å². The lowest BCUT2D eigenvalue weighted by Crippen LogP contribution is -2.54. The smallest absolute Gasteiger partial charge is 0.335 e. The molecule has 3 rings (SSSR count). The number of hydrogen-bond donors (Lipinski definition) is 1. The molecule has 4 amide bonds. The second-order valence-corrected chi connectivity index (χ2v) is 6.03. The van der Waals surface area contributed by atoms with E-state index in [1.807, 2.05) is 0 Å². The van der Waals surface area contributed by atoms with Crippen LogP contribution in [0.1, 0.15) is 5.56 Å². The Hall–Kier alpha value is -3.26. The highest BCUT2D eigenvalue weighted by atomic mass is 35.5. The van der Waals surface area contributed by atoms with E-state index in [1.54, 1.807) is 37.2 Å². The van der Waals surface area contributed by atoms with Gasteiger partial charge in [0.2, 0.25) is 5.95 Å². The van der Waals surface area contributed by atoms with Crippen molar-refractivity contribution in [2.45, 2.75) is 0 Å². The average molecular weight is 372 g/mol. The van der Waals surface area contributed by atoms with Crippen LogP contribution in [0, 0.1) is 0 Å². The zero-order valence-corrected chi connectivity index (χ0v) is 14.7. The van der Waals surface area contributed by atoms with E-state index < -0.39 is 17.8 Å². The molecule has 8 nitrogen and oxygen atoms in total. The number of imide groups is 2. The molecule has 2 heterocycles. The van der Waals surface area contributed by atoms with Gasteiger partial charge in [-0.25, -0.2) is 19.7 Å². The molecular formula is C17H14ClN5O3. The lowest BCUT2D eigenvalue weighted by molar-refractivity contribution is -0.122. The van der Waals surface area contributed by atoms with E-state index in [0.717, 1.165) is 4.90 Å². The maximum atomic E-state index is 12.7. The molecule has 132 valence electrons. The fraction of sp³-hybridized carbons (Fsp3) is 0.118. The number of benzene rings is 1. The largest absolute Gasteiger partial charge is 0.347 e. The molecule has 0 saturated carbocycles. The van der Waals surface area contributed by atoms with Gasteiger partial charge in [-0.05, 0) is 18.2 Å². The monoisotopic (exact) mass is 371 g/mol. The van der Waals surface area contributed by atoms with Crippen molar-refractivity contribution in [2.75, 3.05) is 23.9 Å². The van der Waals surface area contributed by atoms with E-state index in [1.165, 1.54) is 24.5 Å². The Kier molecular flexibility index (Phi) is 4.68. The van der Waals surface area contributed by atoms with Crippen LogP contribution in [0.3, 0.4) is 0 Å². The highest BCUT2D eigenvalue weighted by molar-refractivity contribution is 6.42. The van der Waals surface area contributed by atoms with Crippen molar-refractivity contribution in [3.63, 3.8) is 0 Å². The summed E-state index contributed by atoms with van der Waals surface area (Å²) in [5.74, 6) is -1.08. The van der Waals surface area contributed by atoms with Crippen molar-refractivity contribution >= 4 is 47.2 Å². The Morgan fingerprint density at radius 2 is 1.77 bits per heavy atom. The number of nitrogens with zero attached hydrogens (tertiary/aromatic N) is 4. The second-order valence-electron chi connectivity index (χ2n) is 5.62. The van der Waals surface area contributed by atoms with Crippen LogP contribution in [-0.2, 0) is 9.59 Å². The van der Waals surface area contributed by atoms with Gasteiger partial charge in [-0.1, -0.05) is 23.7 Å². The summed E-state index contributed by atoms with van der Waals surface area (Å²) < 4.78 is 0. The molecule has 1 aromatic heterocycles. The lowest BCUT2D eigenvalue weighted by Gasteiger charge is -2.26. The number of carbonyl (C=O) groups is 3. The number of urea groups is 1. The molecular weight excluding hydrogens is 358 g/mol. The molecule has 9 heteroatoms. The van der Waals surface area contributed by atoms with Crippen molar-refractivity contribution in [3.8, 4) is 0 Å². The second kappa shape index (κ2) is 6.93. The van der Waals surface area contributed by atoms with Crippen molar-refractivity contribution in [3.05, 3.63) is 52.8 Å². The SMILES string of the molecule is CN(C)c1ncc(C=C2C(=O)NC(=O)N(c3ccccc3Cl)C2=O)cn1. The fourth-order valence-corrected chi connectivity index (χ4v) is 2.53. The molecule has 1 aliphatic rings. The molecule has 0 radical (unpaired) electrons. The maximum absolute atomic E-state index is 12.7. The summed E-state index contributed by atoms with van der Waals surface area (Å²) in [7, 11) is 3.58. The van der Waals surface area contributed by atoms with E-state index in [4.69, 9.17) is 11.6 Å². The molecule has 1 aliphatic heterocycles. The molecule has 0 bridgehead atoms. The Morgan fingerprint density at radius 3 is 2.38 bits per heavy atom. The first-order valence-electron chi connectivity index (χ1n) is 7.54. The predicted molar refractivity (Wildman–Crippen MR) is 96.8 cm³/mol. The van der Waals surface area contributed by atoms with Crippen LogP contribution >= 0.6 is 11.6 Å². The summed E-state index contributed by atoms with van der Waals surface area (Å²) in [6, 6.07) is 5.51. The summed E-state index contributed by atoms with van der Waals surface area (Å²) in [5, 5.41) is 2.35. The van der Waals surface area contributed by atoms with Gasteiger partial charge in [0, 0.05) is 32.1 Å². The lowest BCUT2D eigenvalue weighted by atomic mass is 10.1. The van der Waals surface area contributed by atoms with Gasteiger partial charge >= 0.3 is 6.03 Å². The Labute approximate surface area is 154 Å². The first-order chi connectivity index (χ1) is 12.4. The van der Waals surface area contributed by atoms with Gasteiger partial charge in [0.25, 0.3) is 11.8 Å². The number of aromatic nitrogens is 2. The molecule has 1 saturated heterocycles. The Morgan fingerprint density at radius 1 is 1.12 bits per heavy atom. The summed E-state index contributed by atoms with van der Waals surface area (Å²) in [4.78, 5) is 47.8. The van der Waals surface area contributed by atoms with Gasteiger partial charge in [0.15, 0.2) is 0 Å². The van der Waals surface area contributed by atoms with Gasteiger partial charge in [-0.2, -0.15) is 0 Å². The van der Waals surface area contributed by atoms with Crippen LogP contribution in [0.4, 0.5) is 16.4 Å². The van der Waals surface area contributed by atoms with Gasteiger partial charge in [0.1, 0.15) is 5.57 Å². The van der Waals surface area contributed by atoms with E-state index in [2.05, 4.69) is 15.3 Å². The van der Waals surface area contributed by atoms with Crippen LogP contribution < -0.4 is 15.1 Å². The highest BCUT2D eigenvalue weighted by Gasteiger charge is 2.37. The zero-order valence-electron chi connectivity index (χ0n) is 13.9. The normalized spacial score (nSPS) is 16.0. The standard InChI is InChI=1S/C17H14ClN5O3/c1-22(2)16-19-8-10(9-20-16)7-11-14(24)21-17(26)23(15(11)25)13-6-4-3-5-12(13)18/h3-9H,1-2H3,(H,21,24,26). The average Bonchev–Trinajstić information content (AvgIpc) is 2.60. The predicted octanol–water partition coefficient (Wildman–Crippen LogP) is 1.86. The Bertz CT molecular complexity index is 924. The summed E-state index contributed by atoms with van der Waals surface area (Å²) >= 11 is 6.08. The van der Waals surface area contributed by atoms with Crippen LogP contribution in [0.25, 0.3) is 6.08 Å². The number of amides is 4. The quantitative estimate of drug-likeness (QED) is 0.653.